The number of rotatable bonds is 23. The number of hydrogen-bond donors (Lipinski definition) is 0. The van der Waals surface area contributed by atoms with Crippen molar-refractivity contribution in [2.45, 2.75) is 174 Å². The topological polar surface area (TPSA) is 37.4 Å². The molecule has 0 saturated heterocycles. The minimum absolute atomic E-state index is 0.0677. The van der Waals surface area contributed by atoms with Crippen molar-refractivity contribution in [1.82, 2.24) is 4.90 Å². The van der Waals surface area contributed by atoms with Crippen molar-refractivity contribution < 1.29 is 9.59 Å². The van der Waals surface area contributed by atoms with Gasteiger partial charge in [0.25, 0.3) is 11.8 Å². The molecule has 1 heterocycles. The second-order valence-electron chi connectivity index (χ2n) is 14.9. The molecule has 0 spiro atoms. The molecule has 0 saturated carbocycles. The van der Waals surface area contributed by atoms with Gasteiger partial charge in [-0.25, -0.2) is 0 Å². The third kappa shape index (κ3) is 9.52. The highest BCUT2D eigenvalue weighted by Gasteiger charge is 2.37. The van der Waals surface area contributed by atoms with E-state index in [9.17, 15) is 9.59 Å². The smallest absolute Gasteiger partial charge is 0.262 e. The Labute approximate surface area is 300 Å². The van der Waals surface area contributed by atoms with Crippen molar-refractivity contribution in [3.8, 4) is 0 Å². The second kappa shape index (κ2) is 19.9. The van der Waals surface area contributed by atoms with Crippen LogP contribution in [-0.2, 0) is 12.8 Å². The molecule has 0 fully saturated rings. The second-order valence-corrected chi connectivity index (χ2v) is 15.7. The Morgan fingerprint density at radius 2 is 1.02 bits per heavy atom. The Bertz CT molecular complexity index is 1490. The summed E-state index contributed by atoms with van der Waals surface area (Å²) in [6.07, 6.45) is 34.1. The number of halogens is 1. The molecule has 0 radical (unpaired) electrons. The fraction of sp³-hybridized carbons (Fsp3) is 0.636. The van der Waals surface area contributed by atoms with Gasteiger partial charge in [0.15, 0.2) is 0 Å². The van der Waals surface area contributed by atoms with E-state index < -0.39 is 0 Å². The van der Waals surface area contributed by atoms with Crippen LogP contribution < -0.4 is 0 Å². The first kappa shape index (κ1) is 37.1. The molecule has 0 N–H and O–H groups in total. The first-order valence-corrected chi connectivity index (χ1v) is 21.0. The number of unbranched alkanes of at least 4 members (excludes halogenated alkanes) is 21. The molecule has 3 nitrogen and oxygen atoms in total. The van der Waals surface area contributed by atoms with Gasteiger partial charge in [-0.1, -0.05) is 166 Å². The number of benzene rings is 3. The van der Waals surface area contributed by atoms with E-state index in [1.54, 1.807) is 4.90 Å². The van der Waals surface area contributed by atoms with Crippen LogP contribution in [0.25, 0.3) is 21.5 Å². The van der Waals surface area contributed by atoms with Crippen LogP contribution in [0.4, 0.5) is 0 Å². The van der Waals surface area contributed by atoms with E-state index in [0.29, 0.717) is 6.54 Å². The van der Waals surface area contributed by atoms with Gasteiger partial charge in [0.2, 0.25) is 0 Å². The first-order chi connectivity index (χ1) is 23.6. The molecular weight excluding hydrogens is 654 g/mol. The molecule has 3 aromatic rings. The van der Waals surface area contributed by atoms with E-state index in [1.165, 1.54) is 140 Å². The SMILES string of the molecule is CCCCCCCCCCCCCCCCCCCCCCCCN1C(=O)c2c3c(cc4c(Br)c5ccccc5c(c24)C1=O)CCCC3. The van der Waals surface area contributed by atoms with Crippen molar-refractivity contribution in [3.63, 3.8) is 0 Å². The van der Waals surface area contributed by atoms with Gasteiger partial charge in [-0.15, -0.1) is 0 Å². The van der Waals surface area contributed by atoms with Crippen molar-refractivity contribution >= 4 is 49.3 Å². The van der Waals surface area contributed by atoms with E-state index in [2.05, 4.69) is 35.0 Å². The molecule has 1 aliphatic carbocycles. The van der Waals surface area contributed by atoms with Crippen LogP contribution in [0.15, 0.2) is 34.8 Å². The van der Waals surface area contributed by atoms with Crippen molar-refractivity contribution in [2.75, 3.05) is 6.54 Å². The molecule has 1 aliphatic heterocycles. The van der Waals surface area contributed by atoms with E-state index in [-0.39, 0.29) is 11.8 Å². The van der Waals surface area contributed by atoms with Gasteiger partial charge < -0.3 is 0 Å². The standard InChI is InChI=1S/C44H62BrNO2/c1-2-3-4-5-6-7-8-9-10-11-12-13-14-15-16-17-18-19-20-21-22-27-32-46-43(47)40-35-29-24-23-28-34(35)33-38-39(40)41(44(46)48)36-30-25-26-31-37(36)42(38)45/h25-26,30-31,33H,2-24,27-29,32H2,1H3. The van der Waals surface area contributed by atoms with Gasteiger partial charge >= 0.3 is 0 Å². The number of hydrogen-bond acceptors (Lipinski definition) is 2. The summed E-state index contributed by atoms with van der Waals surface area (Å²) in [6.45, 7) is 2.81. The summed E-state index contributed by atoms with van der Waals surface area (Å²) in [4.78, 5) is 29.7. The molecular formula is C44H62BrNO2. The molecule has 0 atom stereocenters. The predicted molar refractivity (Wildman–Crippen MR) is 208 cm³/mol. The van der Waals surface area contributed by atoms with Crippen LogP contribution in [0.2, 0.25) is 0 Å². The number of imide groups is 1. The van der Waals surface area contributed by atoms with Gasteiger partial charge in [-0.2, -0.15) is 0 Å². The fourth-order valence-corrected chi connectivity index (χ4v) is 9.07. The van der Waals surface area contributed by atoms with E-state index in [4.69, 9.17) is 0 Å². The Hall–Kier alpha value is -2.20. The normalized spacial score (nSPS) is 14.4. The third-order valence-electron chi connectivity index (χ3n) is 11.2. The zero-order chi connectivity index (χ0) is 33.6. The van der Waals surface area contributed by atoms with Gasteiger partial charge in [0.05, 0.1) is 11.1 Å². The summed E-state index contributed by atoms with van der Waals surface area (Å²) >= 11 is 3.87. The molecule has 2 aliphatic rings. The lowest BCUT2D eigenvalue weighted by Crippen LogP contribution is -2.42. The predicted octanol–water partition coefficient (Wildman–Crippen LogP) is 13.8. The summed E-state index contributed by atoms with van der Waals surface area (Å²) in [7, 11) is 0. The third-order valence-corrected chi connectivity index (χ3v) is 12.1. The lowest BCUT2D eigenvalue weighted by molar-refractivity contribution is 0.0608. The van der Waals surface area contributed by atoms with Crippen molar-refractivity contribution in [1.29, 1.82) is 0 Å². The monoisotopic (exact) mass is 715 g/mol. The summed E-state index contributed by atoms with van der Waals surface area (Å²) < 4.78 is 1.00. The lowest BCUT2D eigenvalue weighted by Gasteiger charge is -2.32. The summed E-state index contributed by atoms with van der Waals surface area (Å²) in [5, 5.41) is 3.89. The fourth-order valence-electron chi connectivity index (χ4n) is 8.41. The number of carbonyl (C=O) groups is 2. The molecule has 262 valence electrons. The zero-order valence-electron chi connectivity index (χ0n) is 30.1. The highest BCUT2D eigenvalue weighted by molar-refractivity contribution is 9.10. The van der Waals surface area contributed by atoms with Crippen molar-refractivity contribution in [3.05, 3.63) is 57.1 Å². The summed E-state index contributed by atoms with van der Waals surface area (Å²) in [5.41, 5.74) is 4.01. The number of fused-ring (bicyclic) bond motifs is 4. The Morgan fingerprint density at radius 1 is 0.562 bits per heavy atom. The summed E-state index contributed by atoms with van der Waals surface area (Å²) in [5.74, 6) is -0.178. The number of aryl methyl sites for hydroxylation is 1. The van der Waals surface area contributed by atoms with E-state index in [1.807, 2.05) is 18.2 Å². The van der Waals surface area contributed by atoms with Crippen LogP contribution in [0, 0.1) is 0 Å². The number of nitrogens with zero attached hydrogens (tertiary/aromatic N) is 1. The Kier molecular flexibility index (Phi) is 15.3. The average molecular weight is 717 g/mol. The molecule has 5 rings (SSSR count). The molecule has 3 aromatic carbocycles. The van der Waals surface area contributed by atoms with Crippen LogP contribution >= 0.6 is 15.9 Å². The maximum atomic E-state index is 14.1. The molecule has 0 unspecified atom stereocenters. The Morgan fingerprint density at radius 3 is 1.56 bits per heavy atom. The maximum Gasteiger partial charge on any atom is 0.262 e. The highest BCUT2D eigenvalue weighted by atomic mass is 79.9. The molecule has 2 amide bonds. The quantitative estimate of drug-likeness (QED) is 0.0557. The van der Waals surface area contributed by atoms with E-state index >= 15 is 0 Å². The molecule has 0 bridgehead atoms. The van der Waals surface area contributed by atoms with Gasteiger partial charge in [-0.3, -0.25) is 14.5 Å². The van der Waals surface area contributed by atoms with Gasteiger partial charge in [0, 0.05) is 16.4 Å². The minimum Gasteiger partial charge on any atom is -0.274 e. The van der Waals surface area contributed by atoms with E-state index in [0.717, 1.165) is 75.7 Å². The Balaban J connectivity index is 0.967. The van der Waals surface area contributed by atoms with Gasteiger partial charge in [-0.05, 0) is 81.4 Å². The minimum atomic E-state index is -0.111. The van der Waals surface area contributed by atoms with Crippen LogP contribution in [0.1, 0.15) is 193 Å². The van der Waals surface area contributed by atoms with Crippen LogP contribution in [-0.4, -0.2) is 23.3 Å². The first-order valence-electron chi connectivity index (χ1n) is 20.2. The number of amides is 2. The van der Waals surface area contributed by atoms with Crippen LogP contribution in [0.3, 0.4) is 0 Å². The van der Waals surface area contributed by atoms with Crippen molar-refractivity contribution in [2.24, 2.45) is 0 Å². The van der Waals surface area contributed by atoms with Gasteiger partial charge in [0.1, 0.15) is 0 Å². The summed E-state index contributed by atoms with van der Waals surface area (Å²) in [6, 6.07) is 10.4. The molecule has 48 heavy (non-hydrogen) atoms. The maximum absolute atomic E-state index is 14.1. The number of carbonyl (C=O) groups excluding carboxylic acids is 2. The highest BCUT2D eigenvalue weighted by Crippen LogP contribution is 2.44. The van der Waals surface area contributed by atoms with Crippen LogP contribution in [0.5, 0.6) is 0 Å². The lowest BCUT2D eigenvalue weighted by atomic mass is 9.80. The molecule has 4 heteroatoms. The largest absolute Gasteiger partial charge is 0.274 e. The average Bonchev–Trinajstić information content (AvgIpc) is 3.10. The zero-order valence-corrected chi connectivity index (χ0v) is 31.7. The molecule has 0 aromatic heterocycles.